The van der Waals surface area contributed by atoms with Crippen LogP contribution in [0.1, 0.15) is 226 Å². The highest BCUT2D eigenvalue weighted by Gasteiger charge is 2.26. The van der Waals surface area contributed by atoms with Crippen LogP contribution in [0, 0.1) is 0 Å². The number of nitrogens with zero attached hydrogens (tertiary/aromatic N) is 1. The molecule has 0 spiro atoms. The number of carbonyl (C=O) groups excluding carboxylic acids is 1. The predicted octanol–water partition coefficient (Wildman–Crippen LogP) is 17.0. The summed E-state index contributed by atoms with van der Waals surface area (Å²) in [6.45, 7) is 5.43. The smallest absolute Gasteiger partial charge is 0.457 e. The number of likely N-dealkylation sites (N-methyl/N-ethyl adjacent to an activating group) is 1. The average Bonchev–Trinajstić information content (AvgIpc) is 3.28. The van der Waals surface area contributed by atoms with Crippen LogP contribution in [0.5, 0.6) is 0 Å². The van der Waals surface area contributed by atoms with Crippen molar-refractivity contribution in [2.24, 2.45) is 0 Å². The Labute approximate surface area is 408 Å². The predicted molar refractivity (Wildman–Crippen MR) is 284 cm³/mol. The molecule has 2 atom stereocenters. The van der Waals surface area contributed by atoms with Gasteiger partial charge in [-0.3, -0.25) is 13.8 Å². The Kier molecular flexibility index (Phi) is 47.8. The molecule has 1 N–H and O–H groups in total. The second kappa shape index (κ2) is 49.4. The number of phosphoric acid groups is 1. The number of phosphoric ester groups is 1. The quantitative estimate of drug-likeness (QED) is 0.0214. The van der Waals surface area contributed by atoms with E-state index < -0.39 is 19.9 Å². The first-order chi connectivity index (χ1) is 32.1. The number of rotatable bonds is 50. The minimum Gasteiger partial charge on any atom is -0.457 e. The van der Waals surface area contributed by atoms with Gasteiger partial charge in [0.05, 0.1) is 34.4 Å². The van der Waals surface area contributed by atoms with Gasteiger partial charge in [-0.2, -0.15) is 0 Å². The second-order valence-corrected chi connectivity index (χ2v) is 20.7. The molecule has 0 amide bonds. The van der Waals surface area contributed by atoms with Crippen molar-refractivity contribution < 1.29 is 37.3 Å². The maximum absolute atomic E-state index is 12.7. The number of carbonyl (C=O) groups is 1. The fourth-order valence-corrected chi connectivity index (χ4v) is 8.15. The van der Waals surface area contributed by atoms with Crippen LogP contribution in [-0.2, 0) is 27.9 Å². The normalized spacial score (nSPS) is 14.1. The van der Waals surface area contributed by atoms with Crippen LogP contribution in [0.3, 0.4) is 0 Å². The number of unbranched alkanes of at least 4 members (excludes halogenated alkanes) is 24. The molecule has 2 unspecified atom stereocenters. The van der Waals surface area contributed by atoms with Crippen molar-refractivity contribution in [2.45, 2.75) is 232 Å². The van der Waals surface area contributed by atoms with E-state index in [0.29, 0.717) is 24.1 Å². The Balaban J connectivity index is 4.16. The highest BCUT2D eigenvalue weighted by Crippen LogP contribution is 2.43. The topological polar surface area (TPSA) is 91.3 Å². The van der Waals surface area contributed by atoms with Gasteiger partial charge >= 0.3 is 13.8 Å². The Morgan fingerprint density at radius 3 is 1.23 bits per heavy atom. The van der Waals surface area contributed by atoms with Gasteiger partial charge in [0.1, 0.15) is 19.3 Å². The summed E-state index contributed by atoms with van der Waals surface area (Å²) in [7, 11) is 1.62. The zero-order chi connectivity index (χ0) is 48.3. The highest BCUT2D eigenvalue weighted by molar-refractivity contribution is 7.47. The SMILES string of the molecule is CC/C=C\C/C=C\C/C=C\C/C=C\C/C=C\C/C=C\CCC(=O)OC(COCCCCCCCCCCCCCCCCCCCCCCCCCCC)COP(=O)(O)OCC[N+](C)(C)C. The lowest BCUT2D eigenvalue weighted by Gasteiger charge is -2.24. The van der Waals surface area contributed by atoms with Crippen LogP contribution in [0.25, 0.3) is 0 Å². The number of quaternary nitrogens is 1. The van der Waals surface area contributed by atoms with Crippen molar-refractivity contribution >= 4 is 13.8 Å². The molecule has 66 heavy (non-hydrogen) atoms. The Morgan fingerprint density at radius 1 is 0.485 bits per heavy atom. The van der Waals surface area contributed by atoms with E-state index in [1.807, 2.05) is 33.3 Å². The van der Waals surface area contributed by atoms with Gasteiger partial charge in [-0.15, -0.1) is 0 Å². The van der Waals surface area contributed by atoms with Gasteiger partial charge in [-0.25, -0.2) is 4.57 Å². The van der Waals surface area contributed by atoms with Crippen molar-refractivity contribution in [1.82, 2.24) is 0 Å². The molecular formula is C57H105NO7P+. The fraction of sp³-hybridized carbons (Fsp3) is 0.772. The van der Waals surface area contributed by atoms with Gasteiger partial charge in [0, 0.05) is 13.0 Å². The van der Waals surface area contributed by atoms with Gasteiger partial charge in [-0.1, -0.05) is 241 Å². The zero-order valence-electron chi connectivity index (χ0n) is 43.7. The summed E-state index contributed by atoms with van der Waals surface area (Å²) < 4.78 is 35.1. The third-order valence-corrected chi connectivity index (χ3v) is 12.5. The largest absolute Gasteiger partial charge is 0.472 e. The average molecular weight is 947 g/mol. The van der Waals surface area contributed by atoms with Gasteiger partial charge in [0.2, 0.25) is 0 Å². The van der Waals surface area contributed by atoms with E-state index in [9.17, 15) is 14.3 Å². The van der Waals surface area contributed by atoms with E-state index >= 15 is 0 Å². The molecule has 0 rings (SSSR count). The molecule has 9 heteroatoms. The van der Waals surface area contributed by atoms with Crippen LogP contribution >= 0.6 is 7.82 Å². The Hall–Kier alpha value is -2.06. The minimum atomic E-state index is -4.30. The lowest BCUT2D eigenvalue weighted by atomic mass is 10.0. The summed E-state index contributed by atoms with van der Waals surface area (Å²) >= 11 is 0. The van der Waals surface area contributed by atoms with Gasteiger partial charge in [0.25, 0.3) is 0 Å². The first kappa shape index (κ1) is 63.9. The zero-order valence-corrected chi connectivity index (χ0v) is 44.6. The van der Waals surface area contributed by atoms with Crippen molar-refractivity contribution in [3.05, 3.63) is 72.9 Å². The molecule has 0 fully saturated rings. The Bertz CT molecular complexity index is 1280. The van der Waals surface area contributed by atoms with Crippen molar-refractivity contribution in [3.63, 3.8) is 0 Å². The Morgan fingerprint density at radius 2 is 0.848 bits per heavy atom. The molecule has 384 valence electrons. The van der Waals surface area contributed by atoms with E-state index in [1.165, 1.54) is 148 Å². The summed E-state index contributed by atoms with van der Waals surface area (Å²) in [6.07, 6.45) is 65.6. The van der Waals surface area contributed by atoms with E-state index in [-0.39, 0.29) is 26.2 Å². The first-order valence-corrected chi connectivity index (χ1v) is 28.7. The third kappa shape index (κ3) is 52.9. The maximum atomic E-state index is 12.7. The number of hydrogen-bond donors (Lipinski definition) is 1. The summed E-state index contributed by atoms with van der Waals surface area (Å²) in [5.41, 5.74) is 0. The molecule has 0 aliphatic heterocycles. The minimum absolute atomic E-state index is 0.0732. The van der Waals surface area contributed by atoms with Crippen LogP contribution < -0.4 is 0 Å². The third-order valence-electron chi connectivity index (χ3n) is 11.5. The molecule has 0 aromatic rings. The van der Waals surface area contributed by atoms with Crippen LogP contribution in [0.2, 0.25) is 0 Å². The van der Waals surface area contributed by atoms with Crippen molar-refractivity contribution in [2.75, 3.05) is 54.1 Å². The summed E-state index contributed by atoms with van der Waals surface area (Å²) in [4.78, 5) is 23.0. The van der Waals surface area contributed by atoms with E-state index in [2.05, 4.69) is 74.6 Å². The van der Waals surface area contributed by atoms with Gasteiger partial charge in [0.15, 0.2) is 0 Å². The van der Waals surface area contributed by atoms with Crippen LogP contribution in [0.4, 0.5) is 0 Å². The number of allylic oxidation sites excluding steroid dienone is 12. The molecule has 8 nitrogen and oxygen atoms in total. The van der Waals surface area contributed by atoms with Crippen molar-refractivity contribution in [1.29, 1.82) is 0 Å². The van der Waals surface area contributed by atoms with Gasteiger partial charge in [-0.05, 0) is 51.4 Å². The lowest BCUT2D eigenvalue weighted by molar-refractivity contribution is -0.870. The molecular weight excluding hydrogens is 842 g/mol. The molecule has 0 aliphatic rings. The highest BCUT2D eigenvalue weighted by atomic mass is 31.2. The summed E-state index contributed by atoms with van der Waals surface area (Å²) in [6, 6.07) is 0. The summed E-state index contributed by atoms with van der Waals surface area (Å²) in [5.74, 6) is -0.393. The van der Waals surface area contributed by atoms with E-state index in [0.717, 1.165) is 51.4 Å². The molecule has 0 aliphatic carbocycles. The summed E-state index contributed by atoms with van der Waals surface area (Å²) in [5, 5.41) is 0. The van der Waals surface area contributed by atoms with E-state index in [1.54, 1.807) is 0 Å². The monoisotopic (exact) mass is 947 g/mol. The molecule has 0 aromatic carbocycles. The van der Waals surface area contributed by atoms with Crippen LogP contribution in [0.15, 0.2) is 72.9 Å². The van der Waals surface area contributed by atoms with Crippen LogP contribution in [-0.4, -0.2) is 75.6 Å². The molecule has 0 bridgehead atoms. The molecule has 0 aromatic heterocycles. The van der Waals surface area contributed by atoms with E-state index in [4.69, 9.17) is 18.5 Å². The number of hydrogen-bond acceptors (Lipinski definition) is 6. The first-order valence-electron chi connectivity index (χ1n) is 27.2. The molecule has 0 radical (unpaired) electrons. The number of esters is 1. The second-order valence-electron chi connectivity index (χ2n) is 19.2. The molecule has 0 saturated carbocycles. The lowest BCUT2D eigenvalue weighted by Crippen LogP contribution is -2.37. The van der Waals surface area contributed by atoms with Gasteiger partial charge < -0.3 is 18.9 Å². The fourth-order valence-electron chi connectivity index (χ4n) is 7.40. The van der Waals surface area contributed by atoms with Crippen molar-refractivity contribution in [3.8, 4) is 0 Å². The number of ether oxygens (including phenoxy) is 2. The molecule has 0 heterocycles. The molecule has 0 saturated heterocycles. The standard InChI is InChI=1S/C57H104NO7P/c1-6-8-10-12-14-16-18-20-22-24-26-27-28-29-30-31-33-35-37-39-41-43-45-47-49-52-62-54-56(55-64-66(60,61)63-53-51-58(3,4)5)65-57(59)50-48-46-44-42-40-38-36-34-32-25-23-21-19-17-15-13-11-9-7-2/h9,11,15,17,21,23,32,34,38,40,44,46,56H,6-8,10,12-14,16,18-20,22,24-31,33,35-37,39,41-43,45,47-55H2,1-5H3/p+1/b11-9-,17-15-,23-21-,34-32-,40-38-,46-44-. The maximum Gasteiger partial charge on any atom is 0.472 e.